The second-order valence-corrected chi connectivity index (χ2v) is 7.30. The molecule has 6 nitrogen and oxygen atoms in total. The maximum atomic E-state index is 13.0. The number of para-hydroxylation sites is 2. The van der Waals surface area contributed by atoms with Gasteiger partial charge in [-0.1, -0.05) is 12.1 Å². The van der Waals surface area contributed by atoms with Crippen molar-refractivity contribution in [3.05, 3.63) is 48.4 Å². The SMILES string of the molecule is O=C(N1CC2(C1)CN(c1ccc(F)cn1)C2)N1CCOc2ccccc21. The zero-order chi connectivity index (χ0) is 17.7. The molecule has 1 aromatic heterocycles. The van der Waals surface area contributed by atoms with Gasteiger partial charge in [-0.05, 0) is 24.3 Å². The quantitative estimate of drug-likeness (QED) is 0.789. The van der Waals surface area contributed by atoms with Crippen LogP contribution in [0.1, 0.15) is 0 Å². The van der Waals surface area contributed by atoms with Crippen LogP contribution < -0.4 is 14.5 Å². The fourth-order valence-corrected chi connectivity index (χ4v) is 4.12. The molecule has 2 saturated heterocycles. The molecule has 0 atom stereocenters. The molecule has 1 spiro atoms. The number of fused-ring (bicyclic) bond motifs is 1. The summed E-state index contributed by atoms with van der Waals surface area (Å²) >= 11 is 0. The van der Waals surface area contributed by atoms with Crippen LogP contribution in [0.25, 0.3) is 0 Å². The number of carbonyl (C=O) groups excluding carboxylic acids is 1. The van der Waals surface area contributed by atoms with E-state index in [0.29, 0.717) is 13.2 Å². The highest BCUT2D eigenvalue weighted by Crippen LogP contribution is 2.42. The number of likely N-dealkylation sites (tertiary alicyclic amines) is 1. The molecule has 26 heavy (non-hydrogen) atoms. The van der Waals surface area contributed by atoms with Crippen molar-refractivity contribution in [2.45, 2.75) is 0 Å². The first-order valence-corrected chi connectivity index (χ1v) is 8.78. The van der Waals surface area contributed by atoms with Crippen LogP contribution in [0.3, 0.4) is 0 Å². The van der Waals surface area contributed by atoms with Crippen molar-refractivity contribution >= 4 is 17.5 Å². The average molecular weight is 354 g/mol. The smallest absolute Gasteiger partial charge is 0.324 e. The number of pyridine rings is 1. The Morgan fingerprint density at radius 2 is 1.92 bits per heavy atom. The van der Waals surface area contributed by atoms with E-state index in [4.69, 9.17) is 4.74 Å². The van der Waals surface area contributed by atoms with Gasteiger partial charge in [-0.25, -0.2) is 14.2 Å². The van der Waals surface area contributed by atoms with E-state index in [2.05, 4.69) is 9.88 Å². The molecule has 0 unspecified atom stereocenters. The number of carbonyl (C=O) groups is 1. The molecule has 0 N–H and O–H groups in total. The molecule has 0 saturated carbocycles. The van der Waals surface area contributed by atoms with Crippen molar-refractivity contribution in [1.29, 1.82) is 0 Å². The number of ether oxygens (including phenoxy) is 1. The van der Waals surface area contributed by atoms with Crippen molar-refractivity contribution in [3.63, 3.8) is 0 Å². The van der Waals surface area contributed by atoms with Gasteiger partial charge in [0.2, 0.25) is 0 Å². The maximum absolute atomic E-state index is 13.0. The lowest BCUT2D eigenvalue weighted by Crippen LogP contribution is -2.74. The molecule has 7 heteroatoms. The van der Waals surface area contributed by atoms with E-state index in [-0.39, 0.29) is 17.3 Å². The van der Waals surface area contributed by atoms with E-state index in [1.165, 1.54) is 12.3 Å². The number of hydrogen-bond donors (Lipinski definition) is 0. The van der Waals surface area contributed by atoms with Gasteiger partial charge in [-0.15, -0.1) is 0 Å². The van der Waals surface area contributed by atoms with E-state index in [9.17, 15) is 9.18 Å². The second-order valence-electron chi connectivity index (χ2n) is 7.30. The molecule has 2 amide bonds. The Hall–Kier alpha value is -2.83. The Bertz CT molecular complexity index is 843. The van der Waals surface area contributed by atoms with Crippen LogP contribution in [0.4, 0.5) is 20.7 Å². The number of urea groups is 1. The molecule has 0 bridgehead atoms. The summed E-state index contributed by atoms with van der Waals surface area (Å²) in [5, 5.41) is 0. The largest absolute Gasteiger partial charge is 0.490 e. The fraction of sp³-hybridized carbons (Fsp3) is 0.368. The predicted octanol–water partition coefficient (Wildman–Crippen LogP) is 2.36. The van der Waals surface area contributed by atoms with Gasteiger partial charge in [0.1, 0.15) is 24.0 Å². The summed E-state index contributed by atoms with van der Waals surface area (Å²) in [6.45, 7) is 4.31. The topological polar surface area (TPSA) is 48.9 Å². The summed E-state index contributed by atoms with van der Waals surface area (Å²) in [7, 11) is 0. The van der Waals surface area contributed by atoms with Gasteiger partial charge >= 0.3 is 6.03 Å². The highest BCUT2D eigenvalue weighted by molar-refractivity contribution is 5.94. The van der Waals surface area contributed by atoms with Crippen molar-refractivity contribution < 1.29 is 13.9 Å². The Balaban J connectivity index is 1.22. The van der Waals surface area contributed by atoms with Crippen LogP contribution in [0.15, 0.2) is 42.6 Å². The molecule has 2 fully saturated rings. The summed E-state index contributed by atoms with van der Waals surface area (Å²) in [4.78, 5) is 22.9. The summed E-state index contributed by atoms with van der Waals surface area (Å²) in [5.41, 5.74) is 0.993. The zero-order valence-corrected chi connectivity index (χ0v) is 14.3. The van der Waals surface area contributed by atoms with Crippen LogP contribution >= 0.6 is 0 Å². The number of rotatable bonds is 1. The van der Waals surface area contributed by atoms with Gasteiger partial charge in [0, 0.05) is 31.6 Å². The summed E-state index contributed by atoms with van der Waals surface area (Å²) in [6.07, 6.45) is 1.24. The minimum absolute atomic E-state index is 0.0460. The maximum Gasteiger partial charge on any atom is 0.324 e. The van der Waals surface area contributed by atoms with Crippen LogP contribution in [-0.2, 0) is 0 Å². The molecular formula is C19H19FN4O2. The van der Waals surface area contributed by atoms with Crippen molar-refractivity contribution in [2.75, 3.05) is 49.1 Å². The average Bonchev–Trinajstić information content (AvgIpc) is 2.60. The highest BCUT2D eigenvalue weighted by atomic mass is 19.1. The predicted molar refractivity (Wildman–Crippen MR) is 95.1 cm³/mol. The summed E-state index contributed by atoms with van der Waals surface area (Å²) in [6, 6.07) is 10.8. The minimum atomic E-state index is -0.324. The number of benzene rings is 1. The summed E-state index contributed by atoms with van der Waals surface area (Å²) in [5.74, 6) is 1.23. The molecule has 0 radical (unpaired) electrons. The number of anilines is 2. The zero-order valence-electron chi connectivity index (χ0n) is 14.3. The summed E-state index contributed by atoms with van der Waals surface area (Å²) < 4.78 is 18.6. The standard InChI is InChI=1S/C19H19FN4O2/c20-14-5-6-17(21-9-14)22-10-19(11-22)12-23(13-19)18(25)24-7-8-26-16-4-2-1-3-15(16)24/h1-6,9H,7-8,10-13H2. The van der Waals surface area contributed by atoms with Gasteiger partial charge in [-0.3, -0.25) is 4.90 Å². The minimum Gasteiger partial charge on any atom is -0.490 e. The van der Waals surface area contributed by atoms with Crippen LogP contribution in [-0.4, -0.2) is 55.2 Å². The van der Waals surface area contributed by atoms with Crippen molar-refractivity contribution in [2.24, 2.45) is 5.41 Å². The van der Waals surface area contributed by atoms with Gasteiger partial charge in [-0.2, -0.15) is 0 Å². The van der Waals surface area contributed by atoms with Gasteiger partial charge in [0.05, 0.1) is 18.4 Å². The van der Waals surface area contributed by atoms with E-state index in [0.717, 1.165) is 43.4 Å². The lowest BCUT2D eigenvalue weighted by atomic mass is 9.73. The van der Waals surface area contributed by atoms with E-state index in [1.807, 2.05) is 34.1 Å². The van der Waals surface area contributed by atoms with Crippen LogP contribution in [0.2, 0.25) is 0 Å². The molecule has 4 heterocycles. The van der Waals surface area contributed by atoms with Crippen LogP contribution in [0.5, 0.6) is 5.75 Å². The number of halogens is 1. The van der Waals surface area contributed by atoms with E-state index >= 15 is 0 Å². The number of amides is 2. The first-order chi connectivity index (χ1) is 12.6. The number of nitrogens with zero attached hydrogens (tertiary/aromatic N) is 4. The number of aromatic nitrogens is 1. The second kappa shape index (κ2) is 5.59. The van der Waals surface area contributed by atoms with Crippen molar-refractivity contribution in [1.82, 2.24) is 9.88 Å². The molecule has 3 aliphatic rings. The molecular weight excluding hydrogens is 335 g/mol. The third kappa shape index (κ3) is 2.38. The Morgan fingerprint density at radius 3 is 2.69 bits per heavy atom. The Morgan fingerprint density at radius 1 is 1.12 bits per heavy atom. The van der Waals surface area contributed by atoms with Gasteiger partial charge in [0.15, 0.2) is 0 Å². The molecule has 5 rings (SSSR count). The third-order valence-electron chi connectivity index (χ3n) is 5.37. The van der Waals surface area contributed by atoms with E-state index in [1.54, 1.807) is 6.07 Å². The highest BCUT2D eigenvalue weighted by Gasteiger charge is 2.54. The number of hydrogen-bond acceptors (Lipinski definition) is 4. The monoisotopic (exact) mass is 354 g/mol. The molecule has 1 aromatic carbocycles. The molecule has 2 aromatic rings. The normalized spacial score (nSPS) is 20.1. The van der Waals surface area contributed by atoms with Gasteiger partial charge in [0.25, 0.3) is 0 Å². The van der Waals surface area contributed by atoms with E-state index < -0.39 is 0 Å². The Labute approximate surface area is 150 Å². The third-order valence-corrected chi connectivity index (χ3v) is 5.37. The van der Waals surface area contributed by atoms with Crippen molar-refractivity contribution in [3.8, 4) is 5.75 Å². The fourth-order valence-electron chi connectivity index (χ4n) is 4.12. The van der Waals surface area contributed by atoms with Crippen LogP contribution in [0, 0.1) is 11.2 Å². The Kier molecular flexibility index (Phi) is 3.32. The first kappa shape index (κ1) is 15.4. The molecule has 134 valence electrons. The molecule has 3 aliphatic heterocycles. The lowest BCUT2D eigenvalue weighted by Gasteiger charge is -2.60. The van der Waals surface area contributed by atoms with Gasteiger partial charge < -0.3 is 14.5 Å². The molecule has 0 aliphatic carbocycles. The first-order valence-electron chi connectivity index (χ1n) is 8.78. The lowest BCUT2D eigenvalue weighted by molar-refractivity contribution is 0.00928.